The maximum absolute atomic E-state index is 10.9. The number of rotatable bonds is 1. The maximum Gasteiger partial charge on any atom is 0.335 e. The van der Waals surface area contributed by atoms with Crippen LogP contribution in [0.15, 0.2) is 30.7 Å². The van der Waals surface area contributed by atoms with Gasteiger partial charge in [0, 0.05) is 0 Å². The topological polar surface area (TPSA) is 93.5 Å². The first kappa shape index (κ1) is 9.59. The molecule has 3 rings (SSSR count). The molecule has 0 saturated carbocycles. The third kappa shape index (κ3) is 1.31. The molecule has 84 valence electrons. The van der Waals surface area contributed by atoms with Crippen molar-refractivity contribution in [3.05, 3.63) is 36.3 Å². The minimum absolute atomic E-state index is 0.207. The number of fused-ring (bicyclic) bond motifs is 3. The molecule has 17 heavy (non-hydrogen) atoms. The number of carboxylic acids is 1. The molecule has 0 aliphatic carbocycles. The number of aromatic nitrogens is 3. The van der Waals surface area contributed by atoms with Crippen LogP contribution >= 0.6 is 0 Å². The predicted octanol–water partition coefficient (Wildman–Crippen LogP) is 1.16. The number of nitrogens with two attached hydrogens (primary N) is 1. The predicted molar refractivity (Wildman–Crippen MR) is 61.9 cm³/mol. The zero-order valence-corrected chi connectivity index (χ0v) is 8.66. The van der Waals surface area contributed by atoms with E-state index in [0.29, 0.717) is 22.4 Å². The molecule has 0 bridgehead atoms. The van der Waals surface area contributed by atoms with Crippen molar-refractivity contribution in [3.8, 4) is 0 Å². The average molecular weight is 228 g/mol. The van der Waals surface area contributed by atoms with Crippen LogP contribution in [0.4, 0.5) is 5.82 Å². The smallest absolute Gasteiger partial charge is 0.335 e. The lowest BCUT2D eigenvalue weighted by Gasteiger charge is -2.05. The van der Waals surface area contributed by atoms with E-state index in [0.717, 1.165) is 0 Å². The number of nitrogens with zero attached hydrogens (tertiary/aromatic N) is 3. The Morgan fingerprint density at radius 2 is 2.18 bits per heavy atom. The summed E-state index contributed by atoms with van der Waals surface area (Å²) in [4.78, 5) is 19.1. The van der Waals surface area contributed by atoms with Crippen LogP contribution in [-0.2, 0) is 0 Å². The lowest BCUT2D eigenvalue weighted by Crippen LogP contribution is -2.00. The van der Waals surface area contributed by atoms with E-state index < -0.39 is 5.97 Å². The number of hydrogen-bond acceptors (Lipinski definition) is 4. The zero-order chi connectivity index (χ0) is 12.0. The highest BCUT2D eigenvalue weighted by Gasteiger charge is 2.09. The fourth-order valence-electron chi connectivity index (χ4n) is 1.81. The number of benzene rings is 1. The van der Waals surface area contributed by atoms with E-state index >= 15 is 0 Å². The molecule has 0 radical (unpaired) electrons. The average Bonchev–Trinajstić information content (AvgIpc) is 2.78. The first-order chi connectivity index (χ1) is 8.16. The Morgan fingerprint density at radius 1 is 1.35 bits per heavy atom. The lowest BCUT2D eigenvalue weighted by molar-refractivity contribution is 0.0697. The van der Waals surface area contributed by atoms with Crippen LogP contribution in [0.5, 0.6) is 0 Å². The van der Waals surface area contributed by atoms with Crippen LogP contribution in [0.25, 0.3) is 16.6 Å². The van der Waals surface area contributed by atoms with Crippen LogP contribution in [-0.4, -0.2) is 25.4 Å². The molecular formula is C11H8N4O2. The fraction of sp³-hybridized carbons (Fsp3) is 0. The Bertz CT molecular complexity index is 748. The molecule has 6 nitrogen and oxygen atoms in total. The first-order valence-electron chi connectivity index (χ1n) is 4.91. The molecule has 0 fully saturated rings. The number of imidazole rings is 1. The SMILES string of the molecule is Nc1nc2ccc(C(=O)O)cc2n2cncc12. The number of aromatic carboxylic acids is 1. The van der Waals surface area contributed by atoms with E-state index in [1.807, 2.05) is 0 Å². The normalized spacial score (nSPS) is 11.1. The summed E-state index contributed by atoms with van der Waals surface area (Å²) < 4.78 is 1.73. The molecule has 0 spiro atoms. The van der Waals surface area contributed by atoms with E-state index in [-0.39, 0.29) is 5.56 Å². The van der Waals surface area contributed by atoms with Gasteiger partial charge in [0.05, 0.1) is 29.1 Å². The van der Waals surface area contributed by atoms with Gasteiger partial charge in [0.15, 0.2) is 0 Å². The first-order valence-corrected chi connectivity index (χ1v) is 4.91. The summed E-state index contributed by atoms with van der Waals surface area (Å²) >= 11 is 0. The molecule has 3 N–H and O–H groups in total. The Labute approximate surface area is 95.3 Å². The number of hydrogen-bond donors (Lipinski definition) is 2. The second-order valence-electron chi connectivity index (χ2n) is 3.65. The second-order valence-corrected chi connectivity index (χ2v) is 3.65. The van der Waals surface area contributed by atoms with Gasteiger partial charge in [-0.1, -0.05) is 0 Å². The largest absolute Gasteiger partial charge is 0.478 e. The van der Waals surface area contributed by atoms with Gasteiger partial charge in [-0.05, 0) is 18.2 Å². The summed E-state index contributed by atoms with van der Waals surface area (Å²) in [5.74, 6) is -0.602. The Morgan fingerprint density at radius 3 is 2.94 bits per heavy atom. The van der Waals surface area contributed by atoms with E-state index in [4.69, 9.17) is 10.8 Å². The Kier molecular flexibility index (Phi) is 1.79. The van der Waals surface area contributed by atoms with Crippen LogP contribution in [0.2, 0.25) is 0 Å². The van der Waals surface area contributed by atoms with Crippen molar-refractivity contribution in [3.63, 3.8) is 0 Å². The van der Waals surface area contributed by atoms with Crippen LogP contribution in [0.1, 0.15) is 10.4 Å². The molecule has 0 atom stereocenters. The van der Waals surface area contributed by atoms with Crippen LogP contribution in [0.3, 0.4) is 0 Å². The van der Waals surface area contributed by atoms with Crippen LogP contribution in [0, 0.1) is 0 Å². The molecule has 1 aromatic carbocycles. The van der Waals surface area contributed by atoms with Gasteiger partial charge in [0.2, 0.25) is 0 Å². The molecule has 0 aliphatic heterocycles. The fourth-order valence-corrected chi connectivity index (χ4v) is 1.81. The highest BCUT2D eigenvalue weighted by atomic mass is 16.4. The molecule has 0 unspecified atom stereocenters. The van der Waals surface area contributed by atoms with Crippen molar-refractivity contribution in [2.75, 3.05) is 5.73 Å². The van der Waals surface area contributed by atoms with Gasteiger partial charge in [-0.15, -0.1) is 0 Å². The zero-order valence-electron chi connectivity index (χ0n) is 8.66. The van der Waals surface area contributed by atoms with Gasteiger partial charge in [-0.2, -0.15) is 0 Å². The maximum atomic E-state index is 10.9. The molecule has 0 amide bonds. The number of anilines is 1. The monoisotopic (exact) mass is 228 g/mol. The molecule has 0 saturated heterocycles. The van der Waals surface area contributed by atoms with Gasteiger partial charge in [0.25, 0.3) is 0 Å². The summed E-state index contributed by atoms with van der Waals surface area (Å²) in [6, 6.07) is 4.69. The third-order valence-corrected chi connectivity index (χ3v) is 2.62. The van der Waals surface area contributed by atoms with Gasteiger partial charge < -0.3 is 10.8 Å². The second kappa shape index (κ2) is 3.18. The number of nitrogen functional groups attached to an aromatic ring is 1. The van der Waals surface area contributed by atoms with Gasteiger partial charge in [-0.25, -0.2) is 14.8 Å². The van der Waals surface area contributed by atoms with Gasteiger partial charge in [0.1, 0.15) is 11.3 Å². The molecule has 0 aliphatic rings. The van der Waals surface area contributed by atoms with Crippen molar-refractivity contribution in [2.24, 2.45) is 0 Å². The number of carbonyl (C=O) groups is 1. The van der Waals surface area contributed by atoms with Crippen molar-refractivity contribution < 1.29 is 9.90 Å². The third-order valence-electron chi connectivity index (χ3n) is 2.62. The minimum Gasteiger partial charge on any atom is -0.478 e. The molecular weight excluding hydrogens is 220 g/mol. The van der Waals surface area contributed by atoms with E-state index in [9.17, 15) is 4.79 Å². The Hall–Kier alpha value is -2.63. The van der Waals surface area contributed by atoms with Gasteiger partial charge in [-0.3, -0.25) is 4.40 Å². The summed E-state index contributed by atoms with van der Waals surface area (Å²) in [5.41, 5.74) is 7.96. The Balaban J connectivity index is 2.48. The summed E-state index contributed by atoms with van der Waals surface area (Å²) in [6.07, 6.45) is 3.18. The van der Waals surface area contributed by atoms with E-state index in [1.165, 1.54) is 6.07 Å². The molecule has 2 heterocycles. The highest BCUT2D eigenvalue weighted by Crippen LogP contribution is 2.20. The standard InChI is InChI=1S/C11H8N4O2/c12-10-9-4-13-5-15(9)8-3-6(11(16)17)1-2-7(8)14-10/h1-5H,(H2,12,14)(H,16,17). The van der Waals surface area contributed by atoms with Crippen molar-refractivity contribution >= 4 is 28.3 Å². The lowest BCUT2D eigenvalue weighted by atomic mass is 10.2. The minimum atomic E-state index is -0.975. The van der Waals surface area contributed by atoms with E-state index in [1.54, 1.807) is 29.1 Å². The molecule has 6 heteroatoms. The number of carboxylic acid groups (broad SMARTS) is 1. The van der Waals surface area contributed by atoms with Crippen molar-refractivity contribution in [2.45, 2.75) is 0 Å². The summed E-state index contributed by atoms with van der Waals surface area (Å²) in [7, 11) is 0. The van der Waals surface area contributed by atoms with Crippen LogP contribution < -0.4 is 5.73 Å². The summed E-state index contributed by atoms with van der Waals surface area (Å²) in [6.45, 7) is 0. The van der Waals surface area contributed by atoms with Crippen molar-refractivity contribution in [1.29, 1.82) is 0 Å². The van der Waals surface area contributed by atoms with Gasteiger partial charge >= 0.3 is 5.97 Å². The van der Waals surface area contributed by atoms with Crippen molar-refractivity contribution in [1.82, 2.24) is 14.4 Å². The summed E-state index contributed by atoms with van der Waals surface area (Å²) in [5, 5.41) is 8.95. The molecule has 3 aromatic rings. The van der Waals surface area contributed by atoms with E-state index in [2.05, 4.69) is 9.97 Å². The highest BCUT2D eigenvalue weighted by molar-refractivity contribution is 5.93. The quantitative estimate of drug-likeness (QED) is 0.651. The molecule has 2 aromatic heterocycles.